The van der Waals surface area contributed by atoms with Gasteiger partial charge in [0.1, 0.15) is 5.02 Å². The molecule has 0 saturated heterocycles. The average molecular weight is 441 g/mol. The minimum absolute atomic E-state index is 0.0287. The number of rotatable bonds is 4. The van der Waals surface area contributed by atoms with Crippen molar-refractivity contribution in [1.82, 2.24) is 4.57 Å². The Morgan fingerprint density at radius 1 is 1.03 bits per heavy atom. The summed E-state index contributed by atoms with van der Waals surface area (Å²) in [4.78, 5) is 24.8. The van der Waals surface area contributed by atoms with E-state index in [1.165, 1.54) is 29.0 Å². The first kappa shape index (κ1) is 21.0. The van der Waals surface area contributed by atoms with Gasteiger partial charge in [0.2, 0.25) is 0 Å². The zero-order chi connectivity index (χ0) is 21.2. The highest BCUT2D eigenvalue weighted by Crippen LogP contribution is 2.30. The molecule has 3 aromatic rings. The van der Waals surface area contributed by atoms with E-state index in [0.29, 0.717) is 5.02 Å². The van der Waals surface area contributed by atoms with E-state index in [0.717, 1.165) is 17.7 Å². The number of anilines is 1. The number of pyridine rings is 1. The quantitative estimate of drug-likeness (QED) is 0.584. The fraction of sp³-hybridized carbons (Fsp3) is 0.100. The SMILES string of the molecule is O=C(Nc1cccc(C(F)(F)F)c1)c1cc(Cl)c(=O)n(Cc2ccc(Cl)cc2)c1. The molecule has 150 valence electrons. The Morgan fingerprint density at radius 2 is 1.72 bits per heavy atom. The highest BCUT2D eigenvalue weighted by atomic mass is 35.5. The van der Waals surface area contributed by atoms with Crippen LogP contribution in [0.3, 0.4) is 0 Å². The van der Waals surface area contributed by atoms with Crippen LogP contribution >= 0.6 is 23.2 Å². The van der Waals surface area contributed by atoms with Crippen molar-refractivity contribution in [2.75, 3.05) is 5.32 Å². The molecule has 9 heteroatoms. The second-order valence-corrected chi connectivity index (χ2v) is 7.01. The summed E-state index contributed by atoms with van der Waals surface area (Å²) in [5, 5.41) is 2.74. The summed E-state index contributed by atoms with van der Waals surface area (Å²) in [6, 6.07) is 12.2. The molecule has 0 saturated carbocycles. The first-order chi connectivity index (χ1) is 13.6. The van der Waals surface area contributed by atoms with Gasteiger partial charge in [-0.2, -0.15) is 13.2 Å². The lowest BCUT2D eigenvalue weighted by molar-refractivity contribution is -0.137. The molecule has 0 bridgehead atoms. The number of benzene rings is 2. The lowest BCUT2D eigenvalue weighted by atomic mass is 10.2. The van der Waals surface area contributed by atoms with Crippen LogP contribution in [0, 0.1) is 0 Å². The van der Waals surface area contributed by atoms with Crippen LogP contribution < -0.4 is 10.9 Å². The van der Waals surface area contributed by atoms with Gasteiger partial charge in [0.15, 0.2) is 0 Å². The molecule has 1 aromatic heterocycles. The Balaban J connectivity index is 1.87. The maximum atomic E-state index is 12.8. The molecule has 3 rings (SSSR count). The second-order valence-electron chi connectivity index (χ2n) is 6.17. The third-order valence-corrected chi connectivity index (χ3v) is 4.54. The normalized spacial score (nSPS) is 11.3. The summed E-state index contributed by atoms with van der Waals surface area (Å²) in [6.45, 7) is 0.139. The molecule has 1 N–H and O–H groups in total. The van der Waals surface area contributed by atoms with Crippen LogP contribution in [-0.4, -0.2) is 10.5 Å². The van der Waals surface area contributed by atoms with Gasteiger partial charge in [-0.1, -0.05) is 41.4 Å². The number of halogens is 5. The fourth-order valence-corrected chi connectivity index (χ4v) is 2.96. The smallest absolute Gasteiger partial charge is 0.322 e. The van der Waals surface area contributed by atoms with Gasteiger partial charge in [0.05, 0.1) is 17.7 Å². The van der Waals surface area contributed by atoms with E-state index < -0.39 is 23.2 Å². The van der Waals surface area contributed by atoms with Crippen molar-refractivity contribution in [1.29, 1.82) is 0 Å². The fourth-order valence-electron chi connectivity index (χ4n) is 2.60. The first-order valence-electron chi connectivity index (χ1n) is 8.26. The Kier molecular flexibility index (Phi) is 6.00. The molecule has 29 heavy (non-hydrogen) atoms. The molecule has 1 heterocycles. The molecular weight excluding hydrogens is 428 g/mol. The van der Waals surface area contributed by atoms with Gasteiger partial charge >= 0.3 is 6.18 Å². The minimum atomic E-state index is -4.53. The van der Waals surface area contributed by atoms with Gasteiger partial charge in [-0.3, -0.25) is 9.59 Å². The van der Waals surface area contributed by atoms with Gasteiger partial charge < -0.3 is 9.88 Å². The summed E-state index contributed by atoms with van der Waals surface area (Å²) in [5.41, 5.74) is -0.640. The largest absolute Gasteiger partial charge is 0.416 e. The van der Waals surface area contributed by atoms with Gasteiger partial charge in [0.25, 0.3) is 11.5 Å². The average Bonchev–Trinajstić information content (AvgIpc) is 2.66. The van der Waals surface area contributed by atoms with Crippen molar-refractivity contribution < 1.29 is 18.0 Å². The van der Waals surface area contributed by atoms with E-state index in [2.05, 4.69) is 5.32 Å². The van der Waals surface area contributed by atoms with Crippen LogP contribution in [0.25, 0.3) is 0 Å². The molecule has 0 spiro atoms. The van der Waals surface area contributed by atoms with Crippen LogP contribution in [0.5, 0.6) is 0 Å². The molecule has 0 aliphatic heterocycles. The molecule has 0 atom stereocenters. The predicted octanol–water partition coefficient (Wildman–Crippen LogP) is 5.47. The van der Waals surface area contributed by atoms with E-state index >= 15 is 0 Å². The van der Waals surface area contributed by atoms with Crippen molar-refractivity contribution in [3.63, 3.8) is 0 Å². The van der Waals surface area contributed by atoms with Crippen LogP contribution in [0.1, 0.15) is 21.5 Å². The zero-order valence-electron chi connectivity index (χ0n) is 14.6. The zero-order valence-corrected chi connectivity index (χ0v) is 16.1. The summed E-state index contributed by atoms with van der Waals surface area (Å²) >= 11 is 11.8. The monoisotopic (exact) mass is 440 g/mol. The van der Waals surface area contributed by atoms with Crippen LogP contribution in [0.2, 0.25) is 10.0 Å². The Hall–Kier alpha value is -2.77. The third-order valence-electron chi connectivity index (χ3n) is 4.02. The summed E-state index contributed by atoms with van der Waals surface area (Å²) in [5.74, 6) is -0.698. The van der Waals surface area contributed by atoms with Crippen molar-refractivity contribution in [3.8, 4) is 0 Å². The van der Waals surface area contributed by atoms with Gasteiger partial charge in [0, 0.05) is 16.9 Å². The standard InChI is InChI=1S/C20H13Cl2F3N2O2/c21-15-6-4-12(5-7-15)10-27-11-13(8-17(22)19(27)29)18(28)26-16-3-1-2-14(9-16)20(23,24)25/h1-9,11H,10H2,(H,26,28). The highest BCUT2D eigenvalue weighted by molar-refractivity contribution is 6.31. The molecule has 0 fully saturated rings. The lowest BCUT2D eigenvalue weighted by Gasteiger charge is -2.12. The van der Waals surface area contributed by atoms with Crippen LogP contribution in [0.15, 0.2) is 65.6 Å². The molecule has 0 aliphatic carbocycles. The highest BCUT2D eigenvalue weighted by Gasteiger charge is 2.30. The molecule has 0 aliphatic rings. The Labute approximate surface area is 173 Å². The molecule has 0 unspecified atom stereocenters. The van der Waals surface area contributed by atoms with E-state index in [1.807, 2.05) is 0 Å². The number of carbonyl (C=O) groups excluding carboxylic acids is 1. The van der Waals surface area contributed by atoms with E-state index in [1.54, 1.807) is 24.3 Å². The van der Waals surface area contributed by atoms with Gasteiger partial charge in [-0.15, -0.1) is 0 Å². The number of alkyl halides is 3. The molecule has 2 aromatic carbocycles. The molecule has 0 radical (unpaired) electrons. The van der Waals surface area contributed by atoms with Crippen molar-refractivity contribution >= 4 is 34.8 Å². The van der Waals surface area contributed by atoms with Crippen LogP contribution in [0.4, 0.5) is 18.9 Å². The van der Waals surface area contributed by atoms with E-state index in [9.17, 15) is 22.8 Å². The number of nitrogens with zero attached hydrogens (tertiary/aromatic N) is 1. The first-order valence-corrected chi connectivity index (χ1v) is 9.02. The number of hydrogen-bond donors (Lipinski definition) is 1. The maximum absolute atomic E-state index is 12.8. The van der Waals surface area contributed by atoms with Gasteiger partial charge in [-0.05, 0) is 42.0 Å². The number of nitrogens with one attached hydrogen (secondary N) is 1. The number of hydrogen-bond acceptors (Lipinski definition) is 2. The number of aromatic nitrogens is 1. The molecule has 1 amide bonds. The molecular formula is C20H13Cl2F3N2O2. The minimum Gasteiger partial charge on any atom is -0.322 e. The van der Waals surface area contributed by atoms with E-state index in [-0.39, 0.29) is 22.8 Å². The summed E-state index contributed by atoms with van der Waals surface area (Å²) in [7, 11) is 0. The maximum Gasteiger partial charge on any atom is 0.416 e. The number of carbonyl (C=O) groups is 1. The predicted molar refractivity (Wildman–Crippen MR) is 106 cm³/mol. The van der Waals surface area contributed by atoms with Crippen LogP contribution in [-0.2, 0) is 12.7 Å². The molecule has 4 nitrogen and oxygen atoms in total. The Morgan fingerprint density at radius 3 is 2.38 bits per heavy atom. The van der Waals surface area contributed by atoms with Crippen molar-refractivity contribution in [2.45, 2.75) is 12.7 Å². The summed E-state index contributed by atoms with van der Waals surface area (Å²) < 4.78 is 39.7. The lowest BCUT2D eigenvalue weighted by Crippen LogP contribution is -2.24. The number of amides is 1. The van der Waals surface area contributed by atoms with Gasteiger partial charge in [-0.25, -0.2) is 0 Å². The third kappa shape index (κ3) is 5.19. The van der Waals surface area contributed by atoms with Crippen molar-refractivity contribution in [3.05, 3.63) is 97.9 Å². The summed E-state index contributed by atoms with van der Waals surface area (Å²) in [6.07, 6.45) is -3.23. The van der Waals surface area contributed by atoms with Crippen molar-refractivity contribution in [2.24, 2.45) is 0 Å². The second kappa shape index (κ2) is 8.31. The Bertz CT molecular complexity index is 1110. The van der Waals surface area contributed by atoms with E-state index in [4.69, 9.17) is 23.2 Å². The topological polar surface area (TPSA) is 51.1 Å².